The molecule has 0 atom stereocenters. The molecule has 3 aliphatic rings. The molecular formula is C25H29N7O3. The van der Waals surface area contributed by atoms with Crippen LogP contribution in [0.5, 0.6) is 0 Å². The minimum absolute atomic E-state index is 0.0612. The number of anilines is 3. The quantitative estimate of drug-likeness (QED) is 0.552. The Labute approximate surface area is 203 Å². The monoisotopic (exact) mass is 475 g/mol. The lowest BCUT2D eigenvalue weighted by atomic mass is 9.71. The van der Waals surface area contributed by atoms with Gasteiger partial charge >= 0.3 is 6.09 Å². The summed E-state index contributed by atoms with van der Waals surface area (Å²) in [5.74, 6) is 1.16. The van der Waals surface area contributed by atoms with E-state index in [1.807, 2.05) is 6.07 Å². The van der Waals surface area contributed by atoms with Gasteiger partial charge in [-0.15, -0.1) is 5.10 Å². The average Bonchev–Trinajstić information content (AvgIpc) is 3.42. The zero-order valence-electron chi connectivity index (χ0n) is 20.0. The van der Waals surface area contributed by atoms with Gasteiger partial charge in [0.25, 0.3) is 0 Å². The summed E-state index contributed by atoms with van der Waals surface area (Å²) >= 11 is 0. The van der Waals surface area contributed by atoms with Crippen LogP contribution in [0.3, 0.4) is 0 Å². The maximum absolute atomic E-state index is 12.1. The van der Waals surface area contributed by atoms with E-state index in [-0.39, 0.29) is 11.5 Å². The number of nitrogens with zero attached hydrogens (tertiary/aromatic N) is 5. The van der Waals surface area contributed by atoms with Gasteiger partial charge in [-0.25, -0.2) is 14.3 Å². The summed E-state index contributed by atoms with van der Waals surface area (Å²) in [6.45, 7) is 6.43. The van der Waals surface area contributed by atoms with Crippen molar-refractivity contribution in [2.45, 2.75) is 57.0 Å². The Balaban J connectivity index is 1.28. The Morgan fingerprint density at radius 2 is 2.03 bits per heavy atom. The second-order valence-electron chi connectivity index (χ2n) is 10.4. The van der Waals surface area contributed by atoms with E-state index in [4.69, 9.17) is 9.72 Å². The van der Waals surface area contributed by atoms with E-state index in [2.05, 4.69) is 45.5 Å². The molecule has 2 saturated heterocycles. The van der Waals surface area contributed by atoms with Gasteiger partial charge in [0.15, 0.2) is 17.8 Å². The van der Waals surface area contributed by atoms with Crippen LogP contribution in [0.4, 0.5) is 22.2 Å². The van der Waals surface area contributed by atoms with Gasteiger partial charge < -0.3 is 20.3 Å². The first kappa shape index (κ1) is 21.8. The van der Waals surface area contributed by atoms with Gasteiger partial charge in [-0.2, -0.15) is 4.98 Å². The fourth-order valence-electron chi connectivity index (χ4n) is 5.76. The zero-order chi connectivity index (χ0) is 24.2. The summed E-state index contributed by atoms with van der Waals surface area (Å²) in [7, 11) is 0. The predicted octanol–water partition coefficient (Wildman–Crippen LogP) is 3.37. The summed E-state index contributed by atoms with van der Waals surface area (Å²) in [4.78, 5) is 35.1. The molecule has 2 N–H and O–H groups in total. The van der Waals surface area contributed by atoms with Crippen molar-refractivity contribution in [3.05, 3.63) is 41.2 Å². The summed E-state index contributed by atoms with van der Waals surface area (Å²) < 4.78 is 7.24. The number of hydrogen-bond donors (Lipinski definition) is 2. The highest BCUT2D eigenvalue weighted by atomic mass is 16.6. The fourth-order valence-corrected chi connectivity index (χ4v) is 5.76. The van der Waals surface area contributed by atoms with Crippen molar-refractivity contribution >= 4 is 35.5 Å². The summed E-state index contributed by atoms with van der Waals surface area (Å²) in [6, 6.07) is 4.09. The first-order chi connectivity index (χ1) is 16.9. The lowest BCUT2D eigenvalue weighted by Gasteiger charge is -2.37. The lowest BCUT2D eigenvalue weighted by molar-refractivity contribution is 0.0366. The second-order valence-corrected chi connectivity index (χ2v) is 10.4. The van der Waals surface area contributed by atoms with Crippen LogP contribution in [-0.2, 0) is 16.6 Å². The first-order valence-corrected chi connectivity index (χ1v) is 12.2. The van der Waals surface area contributed by atoms with Gasteiger partial charge in [0.2, 0.25) is 5.95 Å². The molecule has 1 amide bonds. The van der Waals surface area contributed by atoms with Crippen LogP contribution in [0.15, 0.2) is 24.5 Å². The number of piperidine rings is 1. The highest BCUT2D eigenvalue weighted by Crippen LogP contribution is 2.40. The molecule has 2 aliphatic heterocycles. The molecule has 2 aromatic heterocycles. The molecule has 0 unspecified atom stereocenters. The summed E-state index contributed by atoms with van der Waals surface area (Å²) in [5.41, 5.74) is 4.05. The SMILES string of the molecule is CC1(C)CCCc2c1ccc(Nc1nc3c(N4CCC5(CC4)CNC(=O)O5)nccn3n1)c2C=O. The minimum atomic E-state index is -0.425. The Hall–Kier alpha value is -3.69. The lowest BCUT2D eigenvalue weighted by Crippen LogP contribution is -2.47. The number of carbonyl (C=O) groups is 2. The van der Waals surface area contributed by atoms with E-state index in [9.17, 15) is 9.59 Å². The van der Waals surface area contributed by atoms with Gasteiger partial charge in [0, 0.05) is 43.9 Å². The molecule has 35 heavy (non-hydrogen) atoms. The van der Waals surface area contributed by atoms with Crippen LogP contribution in [0, 0.1) is 0 Å². The van der Waals surface area contributed by atoms with Crippen LogP contribution in [0.1, 0.15) is 61.0 Å². The van der Waals surface area contributed by atoms with Crippen molar-refractivity contribution in [1.82, 2.24) is 24.9 Å². The average molecular weight is 476 g/mol. The fraction of sp³-hybridized carbons (Fsp3) is 0.480. The molecule has 182 valence electrons. The number of benzene rings is 1. The first-order valence-electron chi connectivity index (χ1n) is 12.2. The molecule has 10 heteroatoms. The molecule has 0 saturated carbocycles. The Kier molecular flexibility index (Phi) is 4.94. The maximum Gasteiger partial charge on any atom is 0.407 e. The number of aromatic nitrogens is 4. The molecule has 3 aromatic rings. The summed E-state index contributed by atoms with van der Waals surface area (Å²) in [5, 5.41) is 10.6. The van der Waals surface area contributed by atoms with Gasteiger partial charge in [0.1, 0.15) is 5.60 Å². The van der Waals surface area contributed by atoms with E-state index in [0.717, 1.165) is 55.5 Å². The van der Waals surface area contributed by atoms with Gasteiger partial charge in [-0.1, -0.05) is 19.9 Å². The third-order valence-electron chi connectivity index (χ3n) is 7.75. The van der Waals surface area contributed by atoms with Crippen molar-refractivity contribution in [2.75, 3.05) is 29.9 Å². The van der Waals surface area contributed by atoms with Crippen LogP contribution in [0.25, 0.3) is 5.65 Å². The van der Waals surface area contributed by atoms with Crippen molar-refractivity contribution in [1.29, 1.82) is 0 Å². The highest BCUT2D eigenvalue weighted by molar-refractivity contribution is 5.88. The Bertz CT molecular complexity index is 1320. The number of amides is 1. The maximum atomic E-state index is 12.1. The molecule has 0 bridgehead atoms. The molecule has 1 spiro atoms. The zero-order valence-corrected chi connectivity index (χ0v) is 20.0. The van der Waals surface area contributed by atoms with Crippen molar-refractivity contribution < 1.29 is 14.3 Å². The third-order valence-corrected chi connectivity index (χ3v) is 7.75. The molecule has 4 heterocycles. The topological polar surface area (TPSA) is 114 Å². The minimum Gasteiger partial charge on any atom is -0.441 e. The van der Waals surface area contributed by atoms with E-state index in [1.165, 1.54) is 5.56 Å². The molecular weight excluding hydrogens is 446 g/mol. The van der Waals surface area contributed by atoms with Crippen LogP contribution in [-0.4, -0.2) is 57.2 Å². The van der Waals surface area contributed by atoms with Crippen molar-refractivity contribution in [2.24, 2.45) is 0 Å². The number of ether oxygens (including phenoxy) is 1. The number of rotatable bonds is 4. The normalized spacial score (nSPS) is 20.4. The third kappa shape index (κ3) is 3.67. The van der Waals surface area contributed by atoms with E-state index >= 15 is 0 Å². The van der Waals surface area contributed by atoms with Crippen LogP contribution < -0.4 is 15.5 Å². The number of fused-ring (bicyclic) bond motifs is 2. The van der Waals surface area contributed by atoms with Gasteiger partial charge in [-0.05, 0) is 41.9 Å². The molecule has 0 radical (unpaired) electrons. The smallest absolute Gasteiger partial charge is 0.407 e. The van der Waals surface area contributed by atoms with Crippen molar-refractivity contribution in [3.8, 4) is 0 Å². The number of carbonyl (C=O) groups excluding carboxylic acids is 2. The highest BCUT2D eigenvalue weighted by Gasteiger charge is 2.43. The largest absolute Gasteiger partial charge is 0.441 e. The van der Waals surface area contributed by atoms with Gasteiger partial charge in [-0.3, -0.25) is 4.79 Å². The Morgan fingerprint density at radius 3 is 2.77 bits per heavy atom. The molecule has 1 aromatic carbocycles. The number of aldehydes is 1. The molecule has 10 nitrogen and oxygen atoms in total. The number of alkyl carbamates (subject to hydrolysis) is 1. The molecule has 1 aliphatic carbocycles. The summed E-state index contributed by atoms with van der Waals surface area (Å²) in [6.07, 6.45) is 8.61. The van der Waals surface area contributed by atoms with E-state index in [0.29, 0.717) is 36.8 Å². The second kappa shape index (κ2) is 7.93. The van der Waals surface area contributed by atoms with Crippen LogP contribution in [0.2, 0.25) is 0 Å². The molecule has 6 rings (SSSR count). The van der Waals surface area contributed by atoms with Crippen molar-refractivity contribution in [3.63, 3.8) is 0 Å². The number of nitrogens with one attached hydrogen (secondary N) is 2. The number of hydrogen-bond acceptors (Lipinski definition) is 8. The van der Waals surface area contributed by atoms with E-state index < -0.39 is 5.60 Å². The van der Waals surface area contributed by atoms with Gasteiger partial charge in [0.05, 0.1) is 12.2 Å². The van der Waals surface area contributed by atoms with E-state index in [1.54, 1.807) is 16.9 Å². The standard InChI is InChI=1S/C25H29N7O3/c1-24(2)7-3-4-16-17(14-33)19(6-5-18(16)24)28-22-29-21-20(26-10-13-32(21)30-22)31-11-8-25(9-12-31)15-27-23(34)35-25/h5-6,10,13-14H,3-4,7-9,11-12,15H2,1-2H3,(H,27,34)(H,28,30). The van der Waals surface area contributed by atoms with Crippen LogP contribution >= 0.6 is 0 Å². The predicted molar refractivity (Wildman–Crippen MR) is 131 cm³/mol. The Morgan fingerprint density at radius 1 is 1.20 bits per heavy atom. The molecule has 2 fully saturated rings.